The number of anilines is 1. The van der Waals surface area contributed by atoms with E-state index in [9.17, 15) is 0 Å². The fourth-order valence-corrected chi connectivity index (χ4v) is 2.78. The third kappa shape index (κ3) is 3.72. The lowest BCUT2D eigenvalue weighted by Gasteiger charge is -2.15. The van der Waals surface area contributed by atoms with Gasteiger partial charge in [0.25, 0.3) is 0 Å². The van der Waals surface area contributed by atoms with E-state index >= 15 is 0 Å². The third-order valence-corrected chi connectivity index (χ3v) is 4.05. The summed E-state index contributed by atoms with van der Waals surface area (Å²) in [5.74, 6) is 0.951. The molecular formula is C15H20N2OS. The van der Waals surface area contributed by atoms with Gasteiger partial charge in [0.2, 0.25) is 0 Å². The number of ether oxygens (including phenoxy) is 1. The SMILES string of the molecule is COc1ccccc1CC(C)NCc1sccc1N. The molecule has 1 heterocycles. The molecular weight excluding hydrogens is 256 g/mol. The van der Waals surface area contributed by atoms with Crippen LogP contribution in [0.1, 0.15) is 17.4 Å². The van der Waals surface area contributed by atoms with Gasteiger partial charge in [-0.25, -0.2) is 0 Å². The van der Waals surface area contributed by atoms with Crippen LogP contribution in [0.25, 0.3) is 0 Å². The van der Waals surface area contributed by atoms with Crippen molar-refractivity contribution in [3.8, 4) is 5.75 Å². The van der Waals surface area contributed by atoms with Crippen molar-refractivity contribution in [3.63, 3.8) is 0 Å². The zero-order chi connectivity index (χ0) is 13.7. The number of rotatable bonds is 6. The molecule has 3 N–H and O–H groups in total. The van der Waals surface area contributed by atoms with Crippen LogP contribution < -0.4 is 15.8 Å². The zero-order valence-corrected chi connectivity index (χ0v) is 12.2. The summed E-state index contributed by atoms with van der Waals surface area (Å²) in [5, 5.41) is 5.53. The summed E-state index contributed by atoms with van der Waals surface area (Å²) < 4.78 is 5.37. The molecule has 0 saturated carbocycles. The molecule has 0 aliphatic carbocycles. The summed E-state index contributed by atoms with van der Waals surface area (Å²) in [7, 11) is 1.71. The van der Waals surface area contributed by atoms with E-state index in [1.165, 1.54) is 10.4 Å². The number of nitrogens with one attached hydrogen (secondary N) is 1. The molecule has 1 unspecified atom stereocenters. The molecule has 2 rings (SSSR count). The van der Waals surface area contributed by atoms with Gasteiger partial charge < -0.3 is 15.8 Å². The standard InChI is InChI=1S/C15H20N2OS/c1-11(17-10-15-13(16)7-8-19-15)9-12-5-3-4-6-14(12)18-2/h3-8,11,17H,9-10,16H2,1-2H3. The monoisotopic (exact) mass is 276 g/mol. The fourth-order valence-electron chi connectivity index (χ4n) is 2.03. The van der Waals surface area contributed by atoms with E-state index < -0.39 is 0 Å². The zero-order valence-electron chi connectivity index (χ0n) is 11.3. The molecule has 4 heteroatoms. The van der Waals surface area contributed by atoms with E-state index in [1.54, 1.807) is 18.4 Å². The summed E-state index contributed by atoms with van der Waals surface area (Å²) >= 11 is 1.69. The Morgan fingerprint density at radius 3 is 2.79 bits per heavy atom. The minimum absolute atomic E-state index is 0.373. The Kier molecular flexibility index (Phi) is 4.82. The van der Waals surface area contributed by atoms with Crippen LogP contribution in [-0.4, -0.2) is 13.2 Å². The van der Waals surface area contributed by atoms with Gasteiger partial charge in [-0.15, -0.1) is 11.3 Å². The number of nitrogen functional groups attached to an aromatic ring is 1. The molecule has 1 atom stereocenters. The molecule has 0 spiro atoms. The Morgan fingerprint density at radius 1 is 1.32 bits per heavy atom. The maximum Gasteiger partial charge on any atom is 0.122 e. The summed E-state index contributed by atoms with van der Waals surface area (Å²) in [6.07, 6.45) is 0.940. The van der Waals surface area contributed by atoms with E-state index in [4.69, 9.17) is 10.5 Å². The second-order valence-corrected chi connectivity index (χ2v) is 5.60. The second kappa shape index (κ2) is 6.59. The van der Waals surface area contributed by atoms with Crippen molar-refractivity contribution in [3.05, 3.63) is 46.2 Å². The Hall–Kier alpha value is -1.52. The molecule has 1 aromatic carbocycles. The number of nitrogens with two attached hydrogens (primary N) is 1. The highest BCUT2D eigenvalue weighted by molar-refractivity contribution is 7.10. The first kappa shape index (κ1) is 13.9. The number of hydrogen-bond donors (Lipinski definition) is 2. The minimum atomic E-state index is 0.373. The molecule has 1 aromatic heterocycles. The lowest BCUT2D eigenvalue weighted by atomic mass is 10.1. The smallest absolute Gasteiger partial charge is 0.122 e. The molecule has 102 valence electrons. The van der Waals surface area contributed by atoms with Gasteiger partial charge in [0.05, 0.1) is 7.11 Å². The van der Waals surface area contributed by atoms with Crippen molar-refractivity contribution < 1.29 is 4.74 Å². The van der Waals surface area contributed by atoms with Crippen molar-refractivity contribution in [1.82, 2.24) is 5.32 Å². The van der Waals surface area contributed by atoms with Crippen LogP contribution in [0.5, 0.6) is 5.75 Å². The molecule has 0 aliphatic rings. The van der Waals surface area contributed by atoms with Crippen molar-refractivity contribution in [2.45, 2.75) is 25.9 Å². The topological polar surface area (TPSA) is 47.3 Å². The predicted octanol–water partition coefficient (Wildman–Crippen LogP) is 3.06. The summed E-state index contributed by atoms with van der Waals surface area (Å²) in [6, 6.07) is 10.5. The van der Waals surface area contributed by atoms with E-state index in [0.717, 1.165) is 24.4 Å². The summed E-state index contributed by atoms with van der Waals surface area (Å²) in [4.78, 5) is 1.20. The van der Waals surface area contributed by atoms with Crippen LogP contribution >= 0.6 is 11.3 Å². The predicted molar refractivity (Wildman–Crippen MR) is 81.7 cm³/mol. The molecule has 0 saturated heterocycles. The number of thiophene rings is 1. The van der Waals surface area contributed by atoms with Crippen LogP contribution in [0, 0.1) is 0 Å². The van der Waals surface area contributed by atoms with Gasteiger partial charge in [-0.05, 0) is 36.4 Å². The van der Waals surface area contributed by atoms with Gasteiger partial charge in [0.15, 0.2) is 0 Å². The second-order valence-electron chi connectivity index (χ2n) is 4.60. The van der Waals surface area contributed by atoms with Gasteiger partial charge >= 0.3 is 0 Å². The van der Waals surface area contributed by atoms with Gasteiger partial charge in [0, 0.05) is 23.2 Å². The highest BCUT2D eigenvalue weighted by Gasteiger charge is 2.08. The molecule has 19 heavy (non-hydrogen) atoms. The molecule has 0 radical (unpaired) electrons. The number of para-hydroxylation sites is 1. The highest BCUT2D eigenvalue weighted by Crippen LogP contribution is 2.20. The van der Waals surface area contributed by atoms with E-state index in [1.807, 2.05) is 29.6 Å². The largest absolute Gasteiger partial charge is 0.496 e. The van der Waals surface area contributed by atoms with Gasteiger partial charge in [-0.1, -0.05) is 18.2 Å². The number of methoxy groups -OCH3 is 1. The van der Waals surface area contributed by atoms with Crippen molar-refractivity contribution >= 4 is 17.0 Å². The Balaban J connectivity index is 1.90. The van der Waals surface area contributed by atoms with Gasteiger partial charge in [-0.3, -0.25) is 0 Å². The Labute approximate surface area is 118 Å². The van der Waals surface area contributed by atoms with E-state index in [-0.39, 0.29) is 0 Å². The summed E-state index contributed by atoms with van der Waals surface area (Å²) in [6.45, 7) is 3.00. The maximum atomic E-state index is 5.88. The average molecular weight is 276 g/mol. The third-order valence-electron chi connectivity index (χ3n) is 3.11. The average Bonchev–Trinajstić information content (AvgIpc) is 2.82. The minimum Gasteiger partial charge on any atom is -0.496 e. The fraction of sp³-hybridized carbons (Fsp3) is 0.333. The molecule has 0 amide bonds. The van der Waals surface area contributed by atoms with Crippen LogP contribution in [-0.2, 0) is 13.0 Å². The Bertz CT molecular complexity index is 524. The number of benzene rings is 1. The van der Waals surface area contributed by atoms with Crippen LogP contribution in [0.15, 0.2) is 35.7 Å². The molecule has 3 nitrogen and oxygen atoms in total. The molecule has 0 fully saturated rings. The lowest BCUT2D eigenvalue weighted by molar-refractivity contribution is 0.406. The van der Waals surface area contributed by atoms with Gasteiger partial charge in [-0.2, -0.15) is 0 Å². The first-order chi connectivity index (χ1) is 9.20. The van der Waals surface area contributed by atoms with Crippen molar-refractivity contribution in [2.24, 2.45) is 0 Å². The van der Waals surface area contributed by atoms with E-state index in [2.05, 4.69) is 18.3 Å². The quantitative estimate of drug-likeness (QED) is 0.852. The molecule has 0 bridgehead atoms. The Morgan fingerprint density at radius 2 is 2.11 bits per heavy atom. The highest BCUT2D eigenvalue weighted by atomic mass is 32.1. The van der Waals surface area contributed by atoms with Gasteiger partial charge in [0.1, 0.15) is 5.75 Å². The van der Waals surface area contributed by atoms with E-state index in [0.29, 0.717) is 6.04 Å². The van der Waals surface area contributed by atoms with Crippen molar-refractivity contribution in [2.75, 3.05) is 12.8 Å². The first-order valence-electron chi connectivity index (χ1n) is 6.38. The van der Waals surface area contributed by atoms with Crippen LogP contribution in [0.2, 0.25) is 0 Å². The summed E-state index contributed by atoms with van der Waals surface area (Å²) in [5.41, 5.74) is 7.98. The number of hydrogen-bond acceptors (Lipinski definition) is 4. The maximum absolute atomic E-state index is 5.88. The molecule has 0 aliphatic heterocycles. The van der Waals surface area contributed by atoms with Crippen LogP contribution in [0.4, 0.5) is 5.69 Å². The normalized spacial score (nSPS) is 12.3. The van der Waals surface area contributed by atoms with Crippen LogP contribution in [0.3, 0.4) is 0 Å². The molecule has 2 aromatic rings. The van der Waals surface area contributed by atoms with Crippen molar-refractivity contribution in [1.29, 1.82) is 0 Å². The first-order valence-corrected chi connectivity index (χ1v) is 7.25. The lowest BCUT2D eigenvalue weighted by Crippen LogP contribution is -2.27.